The molecular weight excluding hydrogens is 446 g/mol. The van der Waals surface area contributed by atoms with Gasteiger partial charge in [0.1, 0.15) is 0 Å². The van der Waals surface area contributed by atoms with Crippen molar-refractivity contribution in [1.29, 1.82) is 0 Å². The number of hydrogen-bond donors (Lipinski definition) is 4. The molecule has 11 heteroatoms. The minimum Gasteiger partial charge on any atom is -0.323 e. The number of urea groups is 1. The van der Waals surface area contributed by atoms with Crippen LogP contribution in [-0.2, 0) is 4.79 Å². The monoisotopic (exact) mass is 467 g/mol. The summed E-state index contributed by atoms with van der Waals surface area (Å²) in [7, 11) is 1.67. The van der Waals surface area contributed by atoms with Crippen LogP contribution in [0.1, 0.15) is 11.1 Å². The normalized spacial score (nSPS) is 15.0. The summed E-state index contributed by atoms with van der Waals surface area (Å²) < 4.78 is 0. The Kier molecular flexibility index (Phi) is 5.87. The lowest BCUT2D eigenvalue weighted by atomic mass is 10.0. The van der Waals surface area contributed by atoms with Crippen LogP contribution >= 0.6 is 0 Å². The average Bonchev–Trinajstić information content (AvgIpc) is 3.36. The molecule has 0 unspecified atom stereocenters. The number of aliphatic imine (C=N–C) groups is 1. The van der Waals surface area contributed by atoms with E-state index in [1.165, 1.54) is 4.90 Å². The maximum absolute atomic E-state index is 13.2. The van der Waals surface area contributed by atoms with E-state index in [1.54, 1.807) is 31.3 Å². The number of H-pyrrole nitrogens is 1. The summed E-state index contributed by atoms with van der Waals surface area (Å²) in [5, 5.41) is 21.8. The van der Waals surface area contributed by atoms with Gasteiger partial charge in [-0.15, -0.1) is 0 Å². The Balaban J connectivity index is 1.39. The molecule has 1 aliphatic rings. The standard InChI is InChI=1S/C24H21N9O2/c1-33-19-13-6-5-12-18(19)20(15-8-3-2-4-9-15)27-21(22(33)34)28-24(35)26-17-11-7-10-16(14-17)25-23-29-31-32-30-23/h2-14,21H,1H3,(H2,26,28,35)(H2,25,29,30,31,32)/t21-/m0/s1. The number of nitrogens with one attached hydrogen (secondary N) is 4. The van der Waals surface area contributed by atoms with Crippen molar-refractivity contribution in [1.82, 2.24) is 25.9 Å². The number of aromatic nitrogens is 4. The Bertz CT molecular complexity index is 1390. The molecule has 0 saturated heterocycles. The molecule has 1 aliphatic heterocycles. The fraction of sp³-hybridized carbons (Fsp3) is 0.0833. The number of tetrazole rings is 1. The minimum atomic E-state index is -1.12. The maximum Gasteiger partial charge on any atom is 0.321 e. The summed E-state index contributed by atoms with van der Waals surface area (Å²) in [6.07, 6.45) is -1.12. The molecular formula is C24H21N9O2. The Hall–Kier alpha value is -5.06. The number of hydrogen-bond acceptors (Lipinski definition) is 7. The molecule has 0 bridgehead atoms. The number of fused-ring (bicyclic) bond motifs is 1. The van der Waals surface area contributed by atoms with Crippen LogP contribution in [0.15, 0.2) is 83.9 Å². The van der Waals surface area contributed by atoms with Gasteiger partial charge < -0.3 is 20.9 Å². The first-order chi connectivity index (χ1) is 17.1. The van der Waals surface area contributed by atoms with E-state index in [0.29, 0.717) is 28.7 Å². The number of carbonyl (C=O) groups excluding carboxylic acids is 2. The zero-order chi connectivity index (χ0) is 24.2. The van der Waals surface area contributed by atoms with Crippen molar-refractivity contribution in [3.8, 4) is 0 Å². The maximum atomic E-state index is 13.2. The number of benzene rings is 3. The van der Waals surface area contributed by atoms with Crippen LogP contribution in [0, 0.1) is 0 Å². The van der Waals surface area contributed by atoms with Gasteiger partial charge in [0.25, 0.3) is 5.91 Å². The molecule has 1 atom stereocenters. The Morgan fingerprint density at radius 1 is 0.971 bits per heavy atom. The van der Waals surface area contributed by atoms with Crippen molar-refractivity contribution in [3.63, 3.8) is 0 Å². The van der Waals surface area contributed by atoms with E-state index < -0.39 is 12.2 Å². The number of likely N-dealkylation sites (N-methyl/N-ethyl adjacent to an activating group) is 1. The lowest BCUT2D eigenvalue weighted by molar-refractivity contribution is -0.119. The van der Waals surface area contributed by atoms with Crippen molar-refractivity contribution in [2.24, 2.45) is 4.99 Å². The number of benzodiazepines with no additional fused rings is 1. The van der Waals surface area contributed by atoms with Crippen LogP contribution in [-0.4, -0.2) is 51.5 Å². The lowest BCUT2D eigenvalue weighted by Gasteiger charge is -2.21. The highest BCUT2D eigenvalue weighted by Gasteiger charge is 2.30. The van der Waals surface area contributed by atoms with Gasteiger partial charge in [-0.2, -0.15) is 0 Å². The zero-order valence-electron chi connectivity index (χ0n) is 18.6. The number of anilines is 4. The second-order valence-corrected chi connectivity index (χ2v) is 7.71. The van der Waals surface area contributed by atoms with Crippen molar-refractivity contribution in [2.45, 2.75) is 6.17 Å². The van der Waals surface area contributed by atoms with Crippen LogP contribution < -0.4 is 20.9 Å². The van der Waals surface area contributed by atoms with Crippen molar-refractivity contribution < 1.29 is 9.59 Å². The highest BCUT2D eigenvalue weighted by atomic mass is 16.2. The molecule has 2 heterocycles. The molecule has 0 fully saturated rings. The van der Waals surface area contributed by atoms with Crippen LogP contribution in [0.3, 0.4) is 0 Å². The summed E-state index contributed by atoms with van der Waals surface area (Å²) in [5.41, 5.74) is 4.15. The summed E-state index contributed by atoms with van der Waals surface area (Å²) in [4.78, 5) is 32.3. The first kappa shape index (κ1) is 21.8. The SMILES string of the molecule is CN1C(=O)[C@H](NC(=O)Nc2cccc(Nc3nnn[nH]3)c2)N=C(c2ccccc2)c2ccccc21. The van der Waals surface area contributed by atoms with E-state index in [0.717, 1.165) is 11.1 Å². The van der Waals surface area contributed by atoms with E-state index in [-0.39, 0.29) is 5.91 Å². The average molecular weight is 467 g/mol. The topological polar surface area (TPSA) is 140 Å². The van der Waals surface area contributed by atoms with Crippen molar-refractivity contribution >= 4 is 40.7 Å². The summed E-state index contributed by atoms with van der Waals surface area (Å²) >= 11 is 0. The number of carbonyl (C=O) groups is 2. The Morgan fingerprint density at radius 3 is 2.54 bits per heavy atom. The highest BCUT2D eigenvalue weighted by Crippen LogP contribution is 2.27. The second-order valence-electron chi connectivity index (χ2n) is 7.71. The Labute approximate surface area is 200 Å². The first-order valence-corrected chi connectivity index (χ1v) is 10.8. The molecule has 3 aromatic carbocycles. The molecule has 35 heavy (non-hydrogen) atoms. The van der Waals surface area contributed by atoms with E-state index in [9.17, 15) is 9.59 Å². The van der Waals surface area contributed by atoms with Crippen molar-refractivity contribution in [2.75, 3.05) is 22.6 Å². The third-order valence-electron chi connectivity index (χ3n) is 5.39. The summed E-state index contributed by atoms with van der Waals surface area (Å²) in [5.74, 6) is 0.00723. The molecule has 3 amide bonds. The number of rotatable bonds is 5. The molecule has 4 aromatic rings. The van der Waals surface area contributed by atoms with Gasteiger partial charge >= 0.3 is 6.03 Å². The van der Waals surface area contributed by atoms with Gasteiger partial charge in [0, 0.05) is 29.5 Å². The molecule has 174 valence electrons. The number of para-hydroxylation sites is 1. The highest BCUT2D eigenvalue weighted by molar-refractivity contribution is 6.20. The largest absolute Gasteiger partial charge is 0.323 e. The fourth-order valence-electron chi connectivity index (χ4n) is 3.76. The van der Waals surface area contributed by atoms with Crippen LogP contribution in [0.25, 0.3) is 0 Å². The van der Waals surface area contributed by atoms with E-state index in [4.69, 9.17) is 0 Å². The summed E-state index contributed by atoms with van der Waals surface area (Å²) in [6.45, 7) is 0. The van der Waals surface area contributed by atoms with Crippen LogP contribution in [0.5, 0.6) is 0 Å². The first-order valence-electron chi connectivity index (χ1n) is 10.8. The van der Waals surface area contributed by atoms with E-state index >= 15 is 0 Å². The van der Waals surface area contributed by atoms with Crippen molar-refractivity contribution in [3.05, 3.63) is 90.0 Å². The van der Waals surface area contributed by atoms with Gasteiger partial charge in [0.05, 0.1) is 11.4 Å². The smallest absolute Gasteiger partial charge is 0.321 e. The third-order valence-corrected chi connectivity index (χ3v) is 5.39. The predicted octanol–water partition coefficient (Wildman–Crippen LogP) is 2.90. The summed E-state index contributed by atoms with van der Waals surface area (Å²) in [6, 6.07) is 23.5. The molecule has 0 radical (unpaired) electrons. The quantitative estimate of drug-likeness (QED) is 0.356. The van der Waals surface area contributed by atoms with E-state index in [1.807, 2.05) is 54.6 Å². The van der Waals surface area contributed by atoms with Gasteiger partial charge in [-0.1, -0.05) is 59.7 Å². The fourth-order valence-corrected chi connectivity index (χ4v) is 3.76. The third kappa shape index (κ3) is 4.69. The van der Waals surface area contributed by atoms with Gasteiger partial charge in [-0.05, 0) is 34.7 Å². The van der Waals surface area contributed by atoms with Crippen LogP contribution in [0.2, 0.25) is 0 Å². The minimum absolute atomic E-state index is 0.355. The van der Waals surface area contributed by atoms with Gasteiger partial charge in [-0.3, -0.25) is 4.79 Å². The molecule has 0 saturated carbocycles. The number of nitrogens with zero attached hydrogens (tertiary/aromatic N) is 5. The predicted molar refractivity (Wildman–Crippen MR) is 132 cm³/mol. The van der Waals surface area contributed by atoms with Gasteiger partial charge in [0.15, 0.2) is 0 Å². The molecule has 0 aliphatic carbocycles. The molecule has 1 aromatic heterocycles. The number of aromatic amines is 1. The molecule has 0 spiro atoms. The second kappa shape index (κ2) is 9.43. The van der Waals surface area contributed by atoms with E-state index in [2.05, 4.69) is 41.6 Å². The molecule has 4 N–H and O–H groups in total. The number of amides is 3. The van der Waals surface area contributed by atoms with Gasteiger partial charge in [0.2, 0.25) is 12.1 Å². The lowest BCUT2D eigenvalue weighted by Crippen LogP contribution is -2.47. The Morgan fingerprint density at radius 2 is 1.74 bits per heavy atom. The molecule has 11 nitrogen and oxygen atoms in total. The molecule has 5 rings (SSSR count). The van der Waals surface area contributed by atoms with Crippen LogP contribution in [0.4, 0.5) is 27.8 Å². The van der Waals surface area contributed by atoms with Gasteiger partial charge in [-0.25, -0.2) is 14.9 Å². The zero-order valence-corrected chi connectivity index (χ0v) is 18.6.